The third-order valence-corrected chi connectivity index (χ3v) is 3.93. The number of nitrogens with zero attached hydrogens (tertiary/aromatic N) is 1. The highest BCUT2D eigenvalue weighted by atomic mass is 16.5. The van der Waals surface area contributed by atoms with E-state index in [-0.39, 0.29) is 12.1 Å². The maximum absolute atomic E-state index is 12.1. The normalized spacial score (nSPS) is 26.4. The van der Waals surface area contributed by atoms with E-state index in [1.807, 2.05) is 0 Å². The van der Waals surface area contributed by atoms with Crippen LogP contribution in [0.15, 0.2) is 12.2 Å². The van der Waals surface area contributed by atoms with Crippen molar-refractivity contribution in [2.24, 2.45) is 11.8 Å². The van der Waals surface area contributed by atoms with E-state index in [0.717, 1.165) is 26.1 Å². The van der Waals surface area contributed by atoms with Gasteiger partial charge >= 0.3 is 12.0 Å². The number of carboxylic acids is 1. The van der Waals surface area contributed by atoms with Crippen molar-refractivity contribution in [2.45, 2.75) is 25.3 Å². The molecule has 2 rings (SSSR count). The van der Waals surface area contributed by atoms with E-state index in [1.165, 1.54) is 0 Å². The van der Waals surface area contributed by atoms with Crippen molar-refractivity contribution in [3.05, 3.63) is 12.2 Å². The largest absolute Gasteiger partial charge is 0.481 e. The highest BCUT2D eigenvalue weighted by Gasteiger charge is 2.26. The Morgan fingerprint density at radius 3 is 2.65 bits per heavy atom. The van der Waals surface area contributed by atoms with Gasteiger partial charge in [-0.25, -0.2) is 4.79 Å². The van der Waals surface area contributed by atoms with Crippen molar-refractivity contribution in [3.8, 4) is 0 Å². The predicted octanol–water partition coefficient (Wildman–Crippen LogP) is 1.08. The molecule has 0 aromatic carbocycles. The Morgan fingerprint density at radius 1 is 1.35 bits per heavy atom. The van der Waals surface area contributed by atoms with Crippen molar-refractivity contribution in [1.82, 2.24) is 10.2 Å². The van der Waals surface area contributed by atoms with Gasteiger partial charge in [0.1, 0.15) is 0 Å². The fraction of sp³-hybridized carbons (Fsp3) is 0.714. The van der Waals surface area contributed by atoms with E-state index >= 15 is 0 Å². The molecule has 0 aromatic rings. The Morgan fingerprint density at radius 2 is 2.05 bits per heavy atom. The zero-order valence-corrected chi connectivity index (χ0v) is 11.7. The lowest BCUT2D eigenvalue weighted by Gasteiger charge is -2.28. The maximum Gasteiger partial charge on any atom is 0.317 e. The fourth-order valence-electron chi connectivity index (χ4n) is 2.66. The minimum atomic E-state index is -0.839. The van der Waals surface area contributed by atoms with Crippen LogP contribution in [0.25, 0.3) is 0 Å². The van der Waals surface area contributed by atoms with E-state index in [4.69, 9.17) is 9.84 Å². The molecule has 0 aromatic heterocycles. The number of nitrogens with one attached hydrogen (secondary N) is 1. The number of amides is 2. The van der Waals surface area contributed by atoms with Crippen LogP contribution in [0.5, 0.6) is 0 Å². The van der Waals surface area contributed by atoms with Crippen LogP contribution in [0.4, 0.5) is 4.79 Å². The van der Waals surface area contributed by atoms with Crippen molar-refractivity contribution in [3.63, 3.8) is 0 Å². The van der Waals surface area contributed by atoms with Gasteiger partial charge in [0, 0.05) is 26.8 Å². The van der Waals surface area contributed by atoms with Crippen LogP contribution in [0, 0.1) is 11.8 Å². The highest BCUT2D eigenvalue weighted by molar-refractivity contribution is 5.76. The van der Waals surface area contributed by atoms with E-state index in [1.54, 1.807) is 24.1 Å². The zero-order chi connectivity index (χ0) is 14.5. The van der Waals surface area contributed by atoms with Crippen LogP contribution >= 0.6 is 0 Å². The smallest absolute Gasteiger partial charge is 0.317 e. The van der Waals surface area contributed by atoms with Gasteiger partial charge in [0.15, 0.2) is 0 Å². The van der Waals surface area contributed by atoms with Gasteiger partial charge in [-0.2, -0.15) is 0 Å². The standard InChI is InChI=1S/C14H22N2O4/c1-16(9-10-4-6-20-7-5-10)14(19)15-12-3-2-11(8-12)13(17)18/h2-3,10-12H,4-9H2,1H3,(H,15,19)(H,17,18). The van der Waals surface area contributed by atoms with E-state index in [2.05, 4.69) is 5.32 Å². The number of ether oxygens (including phenoxy) is 1. The SMILES string of the molecule is CN(CC1CCOCC1)C(=O)NC1C=CC(C(=O)O)C1. The second-order valence-electron chi connectivity index (χ2n) is 5.56. The average Bonchev–Trinajstić information content (AvgIpc) is 2.88. The molecular weight excluding hydrogens is 260 g/mol. The Kier molecular flexibility index (Phi) is 5.00. The lowest BCUT2D eigenvalue weighted by atomic mass is 10.00. The summed E-state index contributed by atoms with van der Waals surface area (Å²) in [6, 6.07) is -0.321. The van der Waals surface area contributed by atoms with Gasteiger partial charge in [-0.3, -0.25) is 4.79 Å². The summed E-state index contributed by atoms with van der Waals surface area (Å²) in [5.41, 5.74) is 0. The summed E-state index contributed by atoms with van der Waals surface area (Å²) in [5, 5.41) is 11.8. The van der Waals surface area contributed by atoms with Crippen molar-refractivity contribution in [2.75, 3.05) is 26.8 Å². The van der Waals surface area contributed by atoms with E-state index in [0.29, 0.717) is 18.9 Å². The summed E-state index contributed by atoms with van der Waals surface area (Å²) in [7, 11) is 1.78. The summed E-state index contributed by atoms with van der Waals surface area (Å²) in [4.78, 5) is 24.6. The van der Waals surface area contributed by atoms with E-state index in [9.17, 15) is 9.59 Å². The third kappa shape index (κ3) is 3.96. The molecule has 2 amide bonds. The second-order valence-corrected chi connectivity index (χ2v) is 5.56. The molecule has 1 heterocycles. The molecule has 112 valence electrons. The van der Waals surface area contributed by atoms with Gasteiger partial charge in [0.05, 0.1) is 12.0 Å². The molecular formula is C14H22N2O4. The average molecular weight is 282 g/mol. The first-order valence-electron chi connectivity index (χ1n) is 7.06. The molecule has 1 fully saturated rings. The molecule has 0 radical (unpaired) electrons. The van der Waals surface area contributed by atoms with E-state index < -0.39 is 11.9 Å². The first-order chi connectivity index (χ1) is 9.56. The Labute approximate surface area is 118 Å². The molecule has 6 heteroatoms. The summed E-state index contributed by atoms with van der Waals surface area (Å²) in [5.74, 6) is -0.833. The van der Waals surface area contributed by atoms with Crippen LogP contribution in [-0.4, -0.2) is 54.9 Å². The quantitative estimate of drug-likeness (QED) is 0.756. The van der Waals surface area contributed by atoms with Crippen LogP contribution in [0.3, 0.4) is 0 Å². The number of hydrogen-bond donors (Lipinski definition) is 2. The van der Waals surface area contributed by atoms with Crippen LogP contribution in [0.2, 0.25) is 0 Å². The minimum absolute atomic E-state index is 0.141. The molecule has 1 aliphatic carbocycles. The van der Waals surface area contributed by atoms with Crippen LogP contribution in [-0.2, 0) is 9.53 Å². The molecule has 1 aliphatic heterocycles. The van der Waals surface area contributed by atoms with Crippen LogP contribution < -0.4 is 5.32 Å². The molecule has 20 heavy (non-hydrogen) atoms. The first kappa shape index (κ1) is 14.8. The Hall–Kier alpha value is -1.56. The maximum atomic E-state index is 12.1. The van der Waals surface area contributed by atoms with Gasteiger partial charge in [-0.15, -0.1) is 0 Å². The molecule has 6 nitrogen and oxygen atoms in total. The zero-order valence-electron chi connectivity index (χ0n) is 11.7. The second kappa shape index (κ2) is 6.74. The number of hydrogen-bond acceptors (Lipinski definition) is 3. The number of rotatable bonds is 4. The van der Waals surface area contributed by atoms with Crippen molar-refractivity contribution >= 4 is 12.0 Å². The van der Waals surface area contributed by atoms with Crippen molar-refractivity contribution < 1.29 is 19.4 Å². The number of carbonyl (C=O) groups excluding carboxylic acids is 1. The van der Waals surface area contributed by atoms with Crippen LogP contribution in [0.1, 0.15) is 19.3 Å². The summed E-state index contributed by atoms with van der Waals surface area (Å²) in [6.07, 6.45) is 5.82. The molecule has 0 spiro atoms. The molecule has 2 atom stereocenters. The minimum Gasteiger partial charge on any atom is -0.481 e. The summed E-state index contributed by atoms with van der Waals surface area (Å²) in [6.45, 7) is 2.26. The van der Waals surface area contributed by atoms with Gasteiger partial charge in [0.25, 0.3) is 0 Å². The molecule has 2 aliphatic rings. The monoisotopic (exact) mass is 282 g/mol. The summed E-state index contributed by atoms with van der Waals surface area (Å²) < 4.78 is 5.30. The van der Waals surface area contributed by atoms with Gasteiger partial charge < -0.3 is 20.1 Å². The molecule has 2 N–H and O–H groups in total. The first-order valence-corrected chi connectivity index (χ1v) is 7.06. The fourth-order valence-corrected chi connectivity index (χ4v) is 2.66. The number of aliphatic carboxylic acids is 1. The summed E-state index contributed by atoms with van der Waals surface area (Å²) >= 11 is 0. The lowest BCUT2D eigenvalue weighted by Crippen LogP contribution is -2.44. The number of urea groups is 1. The highest BCUT2D eigenvalue weighted by Crippen LogP contribution is 2.19. The Bertz CT molecular complexity index is 391. The predicted molar refractivity (Wildman–Crippen MR) is 73.4 cm³/mol. The Balaban J connectivity index is 1.74. The van der Waals surface area contributed by atoms with Gasteiger partial charge in [-0.1, -0.05) is 12.2 Å². The molecule has 0 saturated carbocycles. The number of carboxylic acid groups (broad SMARTS) is 1. The molecule has 2 unspecified atom stereocenters. The number of carbonyl (C=O) groups is 2. The molecule has 0 bridgehead atoms. The molecule has 1 saturated heterocycles. The van der Waals surface area contributed by atoms with Gasteiger partial charge in [0.2, 0.25) is 0 Å². The third-order valence-electron chi connectivity index (χ3n) is 3.93. The lowest BCUT2D eigenvalue weighted by molar-refractivity contribution is -0.140. The topological polar surface area (TPSA) is 78.9 Å². The van der Waals surface area contributed by atoms with Gasteiger partial charge in [-0.05, 0) is 25.2 Å². The van der Waals surface area contributed by atoms with Crippen molar-refractivity contribution in [1.29, 1.82) is 0 Å².